The minimum atomic E-state index is -0.719. The van der Waals surface area contributed by atoms with E-state index in [2.05, 4.69) is 5.10 Å². The van der Waals surface area contributed by atoms with Gasteiger partial charge in [0.2, 0.25) is 0 Å². The molecular formula is C3H6N2O2. The van der Waals surface area contributed by atoms with E-state index in [1.54, 1.807) is 6.92 Å². The normalized spacial score (nSPS) is 9.86. The first kappa shape index (κ1) is 6.07. The topological polar surface area (TPSA) is 55.5 Å². The number of rotatable bonds is 2. The molecule has 0 spiro atoms. The van der Waals surface area contributed by atoms with Crippen molar-refractivity contribution in [3.05, 3.63) is 10.1 Å². The summed E-state index contributed by atoms with van der Waals surface area (Å²) in [6, 6.07) is 0. The van der Waals surface area contributed by atoms with Crippen molar-refractivity contribution in [2.45, 2.75) is 13.3 Å². The molecule has 0 aliphatic heterocycles. The molecule has 0 saturated heterocycles. The SMILES string of the molecule is CCC=N[N+](=O)[O-]. The molecule has 0 atom stereocenters. The second-order valence-electron chi connectivity index (χ2n) is 0.944. The summed E-state index contributed by atoms with van der Waals surface area (Å²) in [7, 11) is 0. The van der Waals surface area contributed by atoms with Crippen LogP contribution in [0.2, 0.25) is 0 Å². The molecule has 0 fully saturated rings. The molecule has 0 aromatic carbocycles. The molecule has 0 N–H and O–H groups in total. The quantitative estimate of drug-likeness (QED) is 0.292. The van der Waals surface area contributed by atoms with Crippen LogP contribution in [-0.4, -0.2) is 11.2 Å². The molecule has 0 aromatic rings. The molecule has 0 aliphatic carbocycles. The minimum absolute atomic E-state index is 0.612. The largest absolute Gasteiger partial charge is 0.233 e. The number of hydrogen-bond donors (Lipinski definition) is 0. The van der Waals surface area contributed by atoms with E-state index in [4.69, 9.17) is 0 Å². The lowest BCUT2D eigenvalue weighted by atomic mass is 10.6. The van der Waals surface area contributed by atoms with Gasteiger partial charge in [-0.25, -0.2) is 10.1 Å². The molecule has 0 rings (SSSR count). The summed E-state index contributed by atoms with van der Waals surface area (Å²) >= 11 is 0. The molecule has 0 heterocycles. The lowest BCUT2D eigenvalue weighted by Gasteiger charge is -1.70. The van der Waals surface area contributed by atoms with Crippen LogP contribution in [-0.2, 0) is 0 Å². The Morgan fingerprint density at radius 3 is 2.71 bits per heavy atom. The molecule has 4 heteroatoms. The van der Waals surface area contributed by atoms with E-state index in [1.807, 2.05) is 0 Å². The van der Waals surface area contributed by atoms with Crippen molar-refractivity contribution in [2.24, 2.45) is 5.10 Å². The standard InChI is InChI=1S/C3H6N2O2/c1-2-3-4-5(6)7/h3H,2H2,1H3. The van der Waals surface area contributed by atoms with Crippen molar-refractivity contribution in [1.29, 1.82) is 0 Å². The maximum absolute atomic E-state index is 9.37. The summed E-state index contributed by atoms with van der Waals surface area (Å²) in [6.07, 6.45) is 1.86. The fraction of sp³-hybridized carbons (Fsp3) is 0.667. The highest BCUT2D eigenvalue weighted by Crippen LogP contribution is 1.69. The molecule has 4 nitrogen and oxygen atoms in total. The molecular weight excluding hydrogens is 96.0 g/mol. The van der Waals surface area contributed by atoms with Gasteiger partial charge in [-0.05, 0) is 6.42 Å². The first-order valence-electron chi connectivity index (χ1n) is 1.94. The van der Waals surface area contributed by atoms with Gasteiger partial charge in [0.1, 0.15) is 0 Å². The number of nitrogens with zero attached hydrogens (tertiary/aromatic N) is 2. The Bertz CT molecular complexity index is 88.9. The van der Waals surface area contributed by atoms with E-state index in [0.717, 1.165) is 0 Å². The molecule has 0 aliphatic rings. The van der Waals surface area contributed by atoms with Crippen LogP contribution in [0.1, 0.15) is 13.3 Å². The van der Waals surface area contributed by atoms with Gasteiger partial charge in [-0.3, -0.25) is 0 Å². The molecule has 40 valence electrons. The molecule has 0 saturated carbocycles. The van der Waals surface area contributed by atoms with E-state index in [9.17, 15) is 10.1 Å². The fourth-order valence-electron chi connectivity index (χ4n) is 0.148. The number of hydrogen-bond acceptors (Lipinski definition) is 2. The molecule has 0 bridgehead atoms. The lowest BCUT2D eigenvalue weighted by molar-refractivity contribution is -0.484. The van der Waals surface area contributed by atoms with Gasteiger partial charge in [-0.2, -0.15) is 0 Å². The van der Waals surface area contributed by atoms with E-state index >= 15 is 0 Å². The van der Waals surface area contributed by atoms with Crippen molar-refractivity contribution in [3.8, 4) is 0 Å². The first-order valence-corrected chi connectivity index (χ1v) is 1.94. The summed E-state index contributed by atoms with van der Waals surface area (Å²) in [5.41, 5.74) is 0. The maximum atomic E-state index is 9.37. The summed E-state index contributed by atoms with van der Waals surface area (Å²) < 4.78 is 0. The van der Waals surface area contributed by atoms with Crippen LogP contribution in [0.4, 0.5) is 0 Å². The Hall–Kier alpha value is -0.930. The first-order chi connectivity index (χ1) is 3.27. The fourth-order valence-corrected chi connectivity index (χ4v) is 0.148. The van der Waals surface area contributed by atoms with Crippen molar-refractivity contribution in [1.82, 2.24) is 0 Å². The van der Waals surface area contributed by atoms with Gasteiger partial charge in [-0.15, -0.1) is 0 Å². The summed E-state index contributed by atoms with van der Waals surface area (Å²) in [4.78, 5) is 9.37. The average Bonchev–Trinajstić information content (AvgIpc) is 1.61. The smallest absolute Gasteiger partial charge is 0.190 e. The molecule has 7 heavy (non-hydrogen) atoms. The van der Waals surface area contributed by atoms with Crippen molar-refractivity contribution in [3.63, 3.8) is 0 Å². The van der Waals surface area contributed by atoms with Crippen LogP contribution >= 0.6 is 0 Å². The molecule has 0 radical (unpaired) electrons. The summed E-state index contributed by atoms with van der Waals surface area (Å²) in [5.74, 6) is 0. The van der Waals surface area contributed by atoms with Gasteiger partial charge in [0.25, 0.3) is 0 Å². The third-order valence-electron chi connectivity index (χ3n) is 0.359. The second kappa shape index (κ2) is 3.27. The van der Waals surface area contributed by atoms with Crippen LogP contribution in [0.5, 0.6) is 0 Å². The third kappa shape index (κ3) is 5.07. The van der Waals surface area contributed by atoms with E-state index in [0.29, 0.717) is 6.42 Å². The average molecular weight is 102 g/mol. The number of hydrazone groups is 1. The Labute approximate surface area is 41.0 Å². The van der Waals surface area contributed by atoms with E-state index < -0.39 is 5.03 Å². The molecule has 0 unspecified atom stereocenters. The highest BCUT2D eigenvalue weighted by Gasteiger charge is 1.79. The monoisotopic (exact) mass is 102 g/mol. The highest BCUT2D eigenvalue weighted by atomic mass is 16.7. The van der Waals surface area contributed by atoms with Gasteiger partial charge < -0.3 is 0 Å². The van der Waals surface area contributed by atoms with Crippen molar-refractivity contribution in [2.75, 3.05) is 0 Å². The van der Waals surface area contributed by atoms with E-state index in [1.165, 1.54) is 6.21 Å². The Balaban J connectivity index is 3.26. The Morgan fingerprint density at radius 2 is 2.57 bits per heavy atom. The van der Waals surface area contributed by atoms with Gasteiger partial charge in [-0.1, -0.05) is 6.92 Å². The van der Waals surface area contributed by atoms with Gasteiger partial charge >= 0.3 is 0 Å². The molecule has 0 amide bonds. The maximum Gasteiger partial charge on any atom is 0.190 e. The third-order valence-corrected chi connectivity index (χ3v) is 0.359. The van der Waals surface area contributed by atoms with Gasteiger partial charge in [0.05, 0.1) is 11.3 Å². The van der Waals surface area contributed by atoms with Crippen molar-refractivity contribution < 1.29 is 5.03 Å². The van der Waals surface area contributed by atoms with Crippen LogP contribution in [0, 0.1) is 10.1 Å². The Morgan fingerprint density at radius 1 is 2.00 bits per heavy atom. The molecule has 0 aromatic heterocycles. The predicted octanol–water partition coefficient (Wildman–Crippen LogP) is 0.659. The lowest BCUT2D eigenvalue weighted by Crippen LogP contribution is -1.83. The minimum Gasteiger partial charge on any atom is -0.233 e. The zero-order valence-corrected chi connectivity index (χ0v) is 4.00. The van der Waals surface area contributed by atoms with Crippen molar-refractivity contribution >= 4 is 6.21 Å². The van der Waals surface area contributed by atoms with E-state index in [-0.39, 0.29) is 0 Å². The van der Waals surface area contributed by atoms with Crippen LogP contribution < -0.4 is 0 Å². The van der Waals surface area contributed by atoms with Gasteiger partial charge in [0, 0.05) is 0 Å². The zero-order valence-electron chi connectivity index (χ0n) is 4.00. The van der Waals surface area contributed by atoms with Crippen LogP contribution in [0.25, 0.3) is 0 Å². The zero-order chi connectivity index (χ0) is 5.70. The summed E-state index contributed by atoms with van der Waals surface area (Å²) in [5, 5.41) is 11.5. The number of nitro groups is 1. The predicted molar refractivity (Wildman–Crippen MR) is 25.8 cm³/mol. The van der Waals surface area contributed by atoms with Crippen LogP contribution in [0.3, 0.4) is 0 Å². The summed E-state index contributed by atoms with van der Waals surface area (Å²) in [6.45, 7) is 1.78. The highest BCUT2D eigenvalue weighted by molar-refractivity contribution is 5.55. The van der Waals surface area contributed by atoms with Gasteiger partial charge in [0.15, 0.2) is 5.03 Å². The van der Waals surface area contributed by atoms with Crippen LogP contribution in [0.15, 0.2) is 5.10 Å². The Kier molecular flexibility index (Phi) is 2.83. The second-order valence-corrected chi connectivity index (χ2v) is 0.944.